The lowest BCUT2D eigenvalue weighted by Crippen LogP contribution is -2.18. The monoisotopic (exact) mass is 207 g/mol. The quantitative estimate of drug-likeness (QED) is 0.767. The molecule has 1 N–H and O–H groups in total. The van der Waals surface area contributed by atoms with Crippen molar-refractivity contribution < 1.29 is 18.3 Å². The average molecular weight is 207 g/mol. The molecule has 1 unspecified atom stereocenters. The summed E-state index contributed by atoms with van der Waals surface area (Å²) < 4.78 is 35.8. The van der Waals surface area contributed by atoms with E-state index in [4.69, 9.17) is 10.4 Å². The molecular formula is C7H4F3NOS. The molecule has 0 saturated heterocycles. The van der Waals surface area contributed by atoms with Gasteiger partial charge in [0.1, 0.15) is 6.07 Å². The highest BCUT2D eigenvalue weighted by Crippen LogP contribution is 2.35. The third-order valence-electron chi connectivity index (χ3n) is 1.33. The van der Waals surface area contributed by atoms with Crippen molar-refractivity contribution in [2.24, 2.45) is 0 Å². The largest absolute Gasteiger partial charge is 0.419 e. The van der Waals surface area contributed by atoms with Crippen molar-refractivity contribution in [1.29, 1.82) is 5.26 Å². The Labute approximate surface area is 75.9 Å². The molecule has 0 saturated carbocycles. The van der Waals surface area contributed by atoms with Crippen LogP contribution in [0.5, 0.6) is 0 Å². The zero-order valence-corrected chi connectivity index (χ0v) is 6.99. The number of hydrogen-bond donors (Lipinski definition) is 1. The second-order valence-electron chi connectivity index (χ2n) is 2.29. The smallest absolute Gasteiger partial charge is 0.379 e. The highest BCUT2D eigenvalue weighted by molar-refractivity contribution is 7.10. The van der Waals surface area contributed by atoms with Gasteiger partial charge in [0, 0.05) is 10.3 Å². The van der Waals surface area contributed by atoms with Crippen molar-refractivity contribution in [2.45, 2.75) is 12.3 Å². The Bertz CT molecular complexity index is 338. The van der Waals surface area contributed by atoms with Gasteiger partial charge < -0.3 is 5.11 Å². The van der Waals surface area contributed by atoms with E-state index in [9.17, 15) is 13.2 Å². The van der Waals surface area contributed by atoms with Crippen LogP contribution in [0.4, 0.5) is 13.2 Å². The number of rotatable bonds is 1. The number of aliphatic hydroxyl groups is 1. The molecule has 1 aromatic rings. The van der Waals surface area contributed by atoms with Crippen LogP contribution in [0.15, 0.2) is 11.4 Å². The first-order valence-corrected chi connectivity index (χ1v) is 4.06. The van der Waals surface area contributed by atoms with E-state index >= 15 is 0 Å². The number of nitrogens with zero attached hydrogens (tertiary/aromatic N) is 1. The summed E-state index contributed by atoms with van der Waals surface area (Å²) in [4.78, 5) is -0.260. The molecule has 0 bridgehead atoms. The molecule has 2 nitrogen and oxygen atoms in total. The van der Waals surface area contributed by atoms with Gasteiger partial charge in [0.05, 0.1) is 5.56 Å². The number of thiophene rings is 1. The van der Waals surface area contributed by atoms with Crippen LogP contribution in [0.3, 0.4) is 0 Å². The number of nitriles is 1. The zero-order chi connectivity index (χ0) is 10.1. The first-order valence-electron chi connectivity index (χ1n) is 3.18. The van der Waals surface area contributed by atoms with Crippen LogP contribution in [0.2, 0.25) is 0 Å². The van der Waals surface area contributed by atoms with Crippen molar-refractivity contribution in [3.05, 3.63) is 21.9 Å². The molecule has 0 aromatic carbocycles. The molecular weight excluding hydrogens is 203 g/mol. The van der Waals surface area contributed by atoms with Crippen molar-refractivity contribution in [3.8, 4) is 6.07 Å². The van der Waals surface area contributed by atoms with Crippen LogP contribution < -0.4 is 0 Å². The van der Waals surface area contributed by atoms with Crippen LogP contribution in [0.1, 0.15) is 16.5 Å². The number of hydrogen-bond acceptors (Lipinski definition) is 3. The minimum atomic E-state index is -4.67. The Kier molecular flexibility index (Phi) is 2.59. The molecule has 0 fully saturated rings. The van der Waals surface area contributed by atoms with E-state index in [-0.39, 0.29) is 10.4 Å². The summed E-state index contributed by atoms with van der Waals surface area (Å²) >= 11 is 0.717. The Morgan fingerprint density at radius 2 is 2.15 bits per heavy atom. The van der Waals surface area contributed by atoms with E-state index in [2.05, 4.69) is 0 Å². The maximum Gasteiger partial charge on any atom is 0.419 e. The molecule has 1 rings (SSSR count). The molecule has 1 heterocycles. The SMILES string of the molecule is N#Cc1csc(C(O)C(F)(F)F)c1. The Morgan fingerprint density at radius 3 is 2.54 bits per heavy atom. The lowest BCUT2D eigenvalue weighted by atomic mass is 10.2. The normalized spacial score (nSPS) is 13.8. The van der Waals surface area contributed by atoms with Gasteiger partial charge in [-0.3, -0.25) is 0 Å². The van der Waals surface area contributed by atoms with Gasteiger partial charge in [-0.15, -0.1) is 11.3 Å². The Morgan fingerprint density at radius 1 is 1.54 bits per heavy atom. The maximum atomic E-state index is 11.9. The Hall–Kier alpha value is -1.06. The van der Waals surface area contributed by atoms with Crippen molar-refractivity contribution in [2.75, 3.05) is 0 Å². The predicted molar refractivity (Wildman–Crippen MR) is 40.0 cm³/mol. The number of halogens is 3. The maximum absolute atomic E-state index is 11.9. The van der Waals surface area contributed by atoms with Gasteiger partial charge in [0.2, 0.25) is 0 Å². The van der Waals surface area contributed by atoms with Crippen molar-refractivity contribution >= 4 is 11.3 Å². The lowest BCUT2D eigenvalue weighted by molar-refractivity contribution is -0.205. The second kappa shape index (κ2) is 3.36. The molecule has 1 atom stereocenters. The van der Waals surface area contributed by atoms with Gasteiger partial charge >= 0.3 is 6.18 Å². The van der Waals surface area contributed by atoms with Gasteiger partial charge in [-0.1, -0.05) is 0 Å². The molecule has 0 radical (unpaired) electrons. The van der Waals surface area contributed by atoms with Gasteiger partial charge in [0.25, 0.3) is 0 Å². The summed E-state index contributed by atoms with van der Waals surface area (Å²) in [5.74, 6) is 0. The molecule has 6 heteroatoms. The second-order valence-corrected chi connectivity index (χ2v) is 3.24. The van der Waals surface area contributed by atoms with E-state index in [1.165, 1.54) is 5.38 Å². The van der Waals surface area contributed by atoms with Crippen LogP contribution >= 0.6 is 11.3 Å². The van der Waals surface area contributed by atoms with Gasteiger partial charge in [-0.05, 0) is 6.07 Å². The number of alkyl halides is 3. The molecule has 0 aliphatic carbocycles. The third-order valence-corrected chi connectivity index (χ3v) is 2.31. The van der Waals surface area contributed by atoms with Crippen molar-refractivity contribution in [1.82, 2.24) is 0 Å². The first-order chi connectivity index (χ1) is 5.95. The number of aliphatic hydroxyl groups excluding tert-OH is 1. The molecule has 1 aromatic heterocycles. The van der Waals surface area contributed by atoms with E-state index < -0.39 is 12.3 Å². The topological polar surface area (TPSA) is 44.0 Å². The molecule has 0 aliphatic rings. The fraction of sp³-hybridized carbons (Fsp3) is 0.286. The van der Waals surface area contributed by atoms with Crippen LogP contribution in [-0.2, 0) is 0 Å². The molecule has 70 valence electrons. The Balaban J connectivity index is 2.91. The lowest BCUT2D eigenvalue weighted by Gasteiger charge is -2.11. The van der Waals surface area contributed by atoms with Gasteiger partial charge in [-0.2, -0.15) is 18.4 Å². The molecule has 0 amide bonds. The van der Waals surface area contributed by atoms with E-state index in [1.807, 2.05) is 0 Å². The summed E-state index contributed by atoms with van der Waals surface area (Å²) in [6.07, 6.45) is -7.16. The van der Waals surface area contributed by atoms with Gasteiger partial charge in [0.15, 0.2) is 6.10 Å². The summed E-state index contributed by atoms with van der Waals surface area (Å²) in [5.41, 5.74) is 0.128. The van der Waals surface area contributed by atoms with Crippen molar-refractivity contribution in [3.63, 3.8) is 0 Å². The minimum absolute atomic E-state index is 0.128. The van der Waals surface area contributed by atoms with E-state index in [0.29, 0.717) is 11.3 Å². The summed E-state index contributed by atoms with van der Waals surface area (Å²) in [6, 6.07) is 2.72. The van der Waals surface area contributed by atoms with E-state index in [0.717, 1.165) is 6.07 Å². The first kappa shape index (κ1) is 10.0. The highest BCUT2D eigenvalue weighted by atomic mass is 32.1. The zero-order valence-electron chi connectivity index (χ0n) is 6.17. The summed E-state index contributed by atoms with van der Waals surface area (Å²) in [7, 11) is 0. The molecule has 0 spiro atoms. The summed E-state index contributed by atoms with van der Waals surface area (Å²) in [6.45, 7) is 0. The predicted octanol–water partition coefficient (Wildman–Crippen LogP) is 2.22. The highest BCUT2D eigenvalue weighted by Gasteiger charge is 2.40. The van der Waals surface area contributed by atoms with Gasteiger partial charge in [-0.25, -0.2) is 0 Å². The van der Waals surface area contributed by atoms with Crippen LogP contribution in [-0.4, -0.2) is 11.3 Å². The summed E-state index contributed by atoms with van der Waals surface area (Å²) in [5, 5.41) is 18.3. The fourth-order valence-corrected chi connectivity index (χ4v) is 1.56. The minimum Gasteiger partial charge on any atom is -0.379 e. The van der Waals surface area contributed by atoms with E-state index in [1.54, 1.807) is 6.07 Å². The molecule has 13 heavy (non-hydrogen) atoms. The molecule has 0 aliphatic heterocycles. The standard InChI is InChI=1S/C7H4F3NOS/c8-7(9,10)6(12)5-1-4(2-11)3-13-5/h1,3,6,12H. The third kappa shape index (κ3) is 2.20. The average Bonchev–Trinajstić information content (AvgIpc) is 2.48. The van der Waals surface area contributed by atoms with Crippen LogP contribution in [0.25, 0.3) is 0 Å². The fourth-order valence-electron chi connectivity index (χ4n) is 0.716. The van der Waals surface area contributed by atoms with Crippen LogP contribution in [0, 0.1) is 11.3 Å².